The molecule has 1 atom stereocenters. The van der Waals surface area contributed by atoms with Gasteiger partial charge in [-0.3, -0.25) is 0 Å². The van der Waals surface area contributed by atoms with E-state index in [9.17, 15) is 5.11 Å². The highest BCUT2D eigenvalue weighted by molar-refractivity contribution is 5.32. The van der Waals surface area contributed by atoms with Gasteiger partial charge in [-0.05, 0) is 50.4 Å². The summed E-state index contributed by atoms with van der Waals surface area (Å²) in [6, 6.07) is 6.04. The van der Waals surface area contributed by atoms with Crippen molar-refractivity contribution in [1.29, 1.82) is 0 Å². The van der Waals surface area contributed by atoms with Gasteiger partial charge < -0.3 is 10.8 Å². The highest BCUT2D eigenvalue weighted by Crippen LogP contribution is 2.25. The van der Waals surface area contributed by atoms with Gasteiger partial charge in [-0.2, -0.15) is 0 Å². The van der Waals surface area contributed by atoms with Gasteiger partial charge in [0.15, 0.2) is 0 Å². The molecule has 0 saturated carbocycles. The molecule has 1 unspecified atom stereocenters. The lowest BCUT2D eigenvalue weighted by Gasteiger charge is -2.23. The van der Waals surface area contributed by atoms with Crippen LogP contribution in [0, 0.1) is 13.8 Å². The van der Waals surface area contributed by atoms with Gasteiger partial charge in [0, 0.05) is 0 Å². The van der Waals surface area contributed by atoms with Crippen molar-refractivity contribution in [3.05, 3.63) is 34.9 Å². The van der Waals surface area contributed by atoms with Gasteiger partial charge in [0.25, 0.3) is 0 Å². The Kier molecular flexibility index (Phi) is 3.29. The monoisotopic (exact) mass is 193 g/mol. The Morgan fingerprint density at radius 2 is 1.93 bits per heavy atom. The Morgan fingerprint density at radius 1 is 1.29 bits per heavy atom. The van der Waals surface area contributed by atoms with Crippen molar-refractivity contribution in [3.63, 3.8) is 0 Å². The molecule has 0 spiro atoms. The van der Waals surface area contributed by atoms with Crippen LogP contribution in [0.1, 0.15) is 30.0 Å². The lowest BCUT2D eigenvalue weighted by molar-refractivity contribution is 0.0503. The molecule has 2 nitrogen and oxygen atoms in total. The SMILES string of the molecule is Cc1ccc(C(C)(O)CCN)cc1C. The van der Waals surface area contributed by atoms with Gasteiger partial charge in [-0.1, -0.05) is 18.2 Å². The van der Waals surface area contributed by atoms with Crippen molar-refractivity contribution >= 4 is 0 Å². The minimum absolute atomic E-state index is 0.500. The van der Waals surface area contributed by atoms with Gasteiger partial charge >= 0.3 is 0 Å². The van der Waals surface area contributed by atoms with E-state index in [2.05, 4.69) is 13.8 Å². The molecule has 0 aliphatic rings. The maximum Gasteiger partial charge on any atom is 0.0880 e. The molecule has 0 fully saturated rings. The van der Waals surface area contributed by atoms with Crippen LogP contribution >= 0.6 is 0 Å². The molecular formula is C12H19NO. The fourth-order valence-corrected chi connectivity index (χ4v) is 1.50. The van der Waals surface area contributed by atoms with Crippen LogP contribution in [-0.4, -0.2) is 11.7 Å². The fourth-order valence-electron chi connectivity index (χ4n) is 1.50. The topological polar surface area (TPSA) is 46.2 Å². The summed E-state index contributed by atoms with van der Waals surface area (Å²) in [6.45, 7) is 6.43. The Morgan fingerprint density at radius 3 is 2.43 bits per heavy atom. The number of rotatable bonds is 3. The minimum Gasteiger partial charge on any atom is -0.385 e. The summed E-state index contributed by atoms with van der Waals surface area (Å²) in [5.41, 5.74) is 8.07. The van der Waals surface area contributed by atoms with E-state index >= 15 is 0 Å². The van der Waals surface area contributed by atoms with Gasteiger partial charge in [0.1, 0.15) is 0 Å². The molecule has 3 N–H and O–H groups in total. The summed E-state index contributed by atoms with van der Waals surface area (Å²) >= 11 is 0. The van der Waals surface area contributed by atoms with E-state index in [-0.39, 0.29) is 0 Å². The van der Waals surface area contributed by atoms with Crippen LogP contribution in [-0.2, 0) is 5.60 Å². The lowest BCUT2D eigenvalue weighted by atomic mass is 9.90. The summed E-state index contributed by atoms with van der Waals surface area (Å²) in [5, 5.41) is 10.1. The number of aryl methyl sites for hydroxylation is 2. The zero-order valence-corrected chi connectivity index (χ0v) is 9.17. The largest absolute Gasteiger partial charge is 0.385 e. The molecule has 0 saturated heterocycles. The zero-order valence-electron chi connectivity index (χ0n) is 9.17. The Bertz CT molecular complexity index is 318. The molecule has 0 radical (unpaired) electrons. The fraction of sp³-hybridized carbons (Fsp3) is 0.500. The van der Waals surface area contributed by atoms with Gasteiger partial charge in [0.05, 0.1) is 5.60 Å². The molecule has 0 aliphatic carbocycles. The normalized spacial score (nSPS) is 15.2. The van der Waals surface area contributed by atoms with Crippen LogP contribution in [0.4, 0.5) is 0 Å². The highest BCUT2D eigenvalue weighted by Gasteiger charge is 2.21. The Labute approximate surface area is 85.8 Å². The third kappa shape index (κ3) is 2.34. The first-order valence-corrected chi connectivity index (χ1v) is 4.97. The maximum absolute atomic E-state index is 10.1. The summed E-state index contributed by atoms with van der Waals surface area (Å²) < 4.78 is 0. The predicted octanol–water partition coefficient (Wildman–Crippen LogP) is 1.86. The second kappa shape index (κ2) is 4.11. The van der Waals surface area contributed by atoms with Crippen LogP contribution in [0.5, 0.6) is 0 Å². The number of aliphatic hydroxyl groups is 1. The summed E-state index contributed by atoms with van der Waals surface area (Å²) in [4.78, 5) is 0. The second-order valence-corrected chi connectivity index (χ2v) is 4.11. The highest BCUT2D eigenvalue weighted by atomic mass is 16.3. The number of hydrogen-bond donors (Lipinski definition) is 2. The third-order valence-electron chi connectivity index (χ3n) is 2.76. The zero-order chi connectivity index (χ0) is 10.8. The molecule has 0 bridgehead atoms. The molecule has 1 aromatic rings. The first-order chi connectivity index (χ1) is 6.47. The van der Waals surface area contributed by atoms with Crippen LogP contribution in [0.3, 0.4) is 0 Å². The summed E-state index contributed by atoms with van der Waals surface area (Å²) in [7, 11) is 0. The van der Waals surface area contributed by atoms with Gasteiger partial charge in [0.2, 0.25) is 0 Å². The van der Waals surface area contributed by atoms with Crippen LogP contribution < -0.4 is 5.73 Å². The number of nitrogens with two attached hydrogens (primary N) is 1. The molecule has 78 valence electrons. The lowest BCUT2D eigenvalue weighted by Crippen LogP contribution is -2.25. The van der Waals surface area contributed by atoms with Crippen molar-refractivity contribution in [3.8, 4) is 0 Å². The van der Waals surface area contributed by atoms with Crippen molar-refractivity contribution < 1.29 is 5.11 Å². The predicted molar refractivity (Wildman–Crippen MR) is 59.2 cm³/mol. The molecule has 14 heavy (non-hydrogen) atoms. The van der Waals surface area contributed by atoms with Gasteiger partial charge in [-0.15, -0.1) is 0 Å². The van der Waals surface area contributed by atoms with Crippen LogP contribution in [0.2, 0.25) is 0 Å². The standard InChI is InChI=1S/C12H19NO/c1-9-4-5-11(8-10(9)2)12(3,14)6-7-13/h4-5,8,14H,6-7,13H2,1-3H3. The summed E-state index contributed by atoms with van der Waals surface area (Å²) in [6.07, 6.45) is 0.593. The number of hydrogen-bond acceptors (Lipinski definition) is 2. The van der Waals surface area contributed by atoms with E-state index in [0.717, 1.165) is 5.56 Å². The van der Waals surface area contributed by atoms with Crippen molar-refractivity contribution in [2.24, 2.45) is 5.73 Å². The van der Waals surface area contributed by atoms with Crippen molar-refractivity contribution in [2.45, 2.75) is 32.8 Å². The maximum atomic E-state index is 10.1. The molecule has 1 aromatic carbocycles. The minimum atomic E-state index is -0.798. The van der Waals surface area contributed by atoms with E-state index in [1.165, 1.54) is 11.1 Å². The average Bonchev–Trinajstić information content (AvgIpc) is 2.09. The quantitative estimate of drug-likeness (QED) is 0.769. The molecule has 0 amide bonds. The average molecular weight is 193 g/mol. The van der Waals surface area contributed by atoms with E-state index in [0.29, 0.717) is 13.0 Å². The second-order valence-electron chi connectivity index (χ2n) is 4.11. The van der Waals surface area contributed by atoms with E-state index in [1.807, 2.05) is 25.1 Å². The first kappa shape index (κ1) is 11.2. The number of benzene rings is 1. The van der Waals surface area contributed by atoms with E-state index in [4.69, 9.17) is 5.73 Å². The first-order valence-electron chi connectivity index (χ1n) is 4.97. The molecule has 0 heterocycles. The van der Waals surface area contributed by atoms with Crippen molar-refractivity contribution in [2.75, 3.05) is 6.54 Å². The van der Waals surface area contributed by atoms with E-state index in [1.54, 1.807) is 0 Å². The molecule has 1 rings (SSSR count). The summed E-state index contributed by atoms with van der Waals surface area (Å²) in [5.74, 6) is 0. The third-order valence-corrected chi connectivity index (χ3v) is 2.76. The smallest absolute Gasteiger partial charge is 0.0880 e. The van der Waals surface area contributed by atoms with Crippen LogP contribution in [0.25, 0.3) is 0 Å². The molecule has 0 aliphatic heterocycles. The van der Waals surface area contributed by atoms with Crippen LogP contribution in [0.15, 0.2) is 18.2 Å². The van der Waals surface area contributed by atoms with Gasteiger partial charge in [-0.25, -0.2) is 0 Å². The molecular weight excluding hydrogens is 174 g/mol. The van der Waals surface area contributed by atoms with Crippen molar-refractivity contribution in [1.82, 2.24) is 0 Å². The molecule has 2 heteroatoms. The Hall–Kier alpha value is -0.860. The van der Waals surface area contributed by atoms with E-state index < -0.39 is 5.60 Å². The molecule has 0 aromatic heterocycles. The Balaban J connectivity index is 3.01.